The molecule has 0 bridgehead atoms. The van der Waals surface area contributed by atoms with Crippen molar-refractivity contribution in [1.29, 1.82) is 0 Å². The second-order valence-electron chi connectivity index (χ2n) is 28.2. The first-order chi connectivity index (χ1) is 43.7. The van der Waals surface area contributed by atoms with E-state index < -0.39 is 22.4 Å². The molecule has 0 saturated carbocycles. The fourth-order valence-electron chi connectivity index (χ4n) is 12.1. The van der Waals surface area contributed by atoms with Crippen LogP contribution in [0.1, 0.15) is 203 Å². The Morgan fingerprint density at radius 2 is 0.865 bits per heavy atom. The molecule has 0 unspecified atom stereocenters. The van der Waals surface area contributed by atoms with E-state index in [0.29, 0.717) is 26.2 Å². The number of amides is 4. The van der Waals surface area contributed by atoms with E-state index in [-0.39, 0.29) is 103 Å². The van der Waals surface area contributed by atoms with Crippen LogP contribution in [0.2, 0.25) is 0 Å². The van der Waals surface area contributed by atoms with Crippen molar-refractivity contribution in [2.75, 3.05) is 26.2 Å². The zero-order valence-electron chi connectivity index (χ0n) is 57.1. The predicted octanol–water partition coefficient (Wildman–Crippen LogP) is 17.3. The fourth-order valence-corrected chi connectivity index (χ4v) is 14.0. The van der Waals surface area contributed by atoms with Crippen LogP contribution in [0.15, 0.2) is 85.2 Å². The highest BCUT2D eigenvalue weighted by Crippen LogP contribution is 2.39. The van der Waals surface area contributed by atoms with Crippen molar-refractivity contribution in [2.24, 2.45) is 0 Å². The summed E-state index contributed by atoms with van der Waals surface area (Å²) in [7, 11) is 0. The number of ether oxygens (including phenoxy) is 4. The molecule has 0 radical (unpaired) electrons. The molecule has 520 valence electrons. The van der Waals surface area contributed by atoms with Gasteiger partial charge in [0.15, 0.2) is 0 Å². The van der Waals surface area contributed by atoms with Crippen molar-refractivity contribution in [3.05, 3.63) is 129 Å². The summed E-state index contributed by atoms with van der Waals surface area (Å²) in [4.78, 5) is 95.6. The third kappa shape index (κ3) is 19.3. The summed E-state index contributed by atoms with van der Waals surface area (Å²) in [5, 5.41) is 0. The van der Waals surface area contributed by atoms with Crippen molar-refractivity contribution in [3.63, 3.8) is 0 Å². The number of aromatic nitrogens is 8. The van der Waals surface area contributed by atoms with E-state index in [1.807, 2.05) is 108 Å². The SMILES string of the molecule is CC(C)(C)OC(=O)N1CCC[C@H]1c1ncc(-c2ccc(C=CCc3ccc4nc([C@@H]5CCCN5C(=O)OC(C)(C)C)[nH]c4c3)s2)[nH]1.CC(C)(C)OC(=O)N1CCC[C@H]1c1ncc(-c2ccc(CC=Cc3ccc4nc([C@@H]5CCCN5C(=O)OC(C)(C)C)[nH]c4c3)s2)[nH]1.S.S.S.S. The lowest BCUT2D eigenvalue weighted by Gasteiger charge is -2.27. The molecular formula is C70H96N12O8S6. The summed E-state index contributed by atoms with van der Waals surface area (Å²) in [6.07, 6.45) is 19.9. The minimum Gasteiger partial charge on any atom is -0.444 e. The Balaban J connectivity index is 0.000000260. The van der Waals surface area contributed by atoms with Gasteiger partial charge in [-0.2, -0.15) is 54.0 Å². The number of nitrogens with one attached hydrogen (secondary N) is 4. The largest absolute Gasteiger partial charge is 0.444 e. The number of benzene rings is 2. The molecule has 96 heavy (non-hydrogen) atoms. The number of thiophene rings is 2. The van der Waals surface area contributed by atoms with E-state index >= 15 is 0 Å². The molecule has 2 aromatic carbocycles. The van der Waals surface area contributed by atoms with Gasteiger partial charge in [-0.05, 0) is 207 Å². The van der Waals surface area contributed by atoms with Gasteiger partial charge < -0.3 is 38.9 Å². The van der Waals surface area contributed by atoms with Crippen LogP contribution in [-0.2, 0) is 31.8 Å². The lowest BCUT2D eigenvalue weighted by atomic mass is 10.1. The Morgan fingerprint density at radius 3 is 1.31 bits per heavy atom. The summed E-state index contributed by atoms with van der Waals surface area (Å²) >= 11 is 3.43. The lowest BCUT2D eigenvalue weighted by Crippen LogP contribution is -2.36. The van der Waals surface area contributed by atoms with Gasteiger partial charge in [0, 0.05) is 42.4 Å². The van der Waals surface area contributed by atoms with Gasteiger partial charge >= 0.3 is 24.4 Å². The Morgan fingerprint density at radius 1 is 0.469 bits per heavy atom. The number of nitrogens with zero attached hydrogens (tertiary/aromatic N) is 8. The molecule has 20 nitrogen and oxygen atoms in total. The smallest absolute Gasteiger partial charge is 0.410 e. The maximum absolute atomic E-state index is 12.8. The van der Waals surface area contributed by atoms with Crippen LogP contribution in [0.4, 0.5) is 19.2 Å². The molecule has 0 spiro atoms. The van der Waals surface area contributed by atoms with E-state index in [4.69, 9.17) is 28.9 Å². The zero-order valence-corrected chi connectivity index (χ0v) is 62.7. The van der Waals surface area contributed by atoms with Crippen molar-refractivity contribution >= 4 is 135 Å². The average Bonchev–Trinajstić information content (AvgIpc) is 1.66. The third-order valence-corrected chi connectivity index (χ3v) is 18.4. The number of fused-ring (bicyclic) bond motifs is 2. The third-order valence-electron chi connectivity index (χ3n) is 16.1. The first-order valence-electron chi connectivity index (χ1n) is 32.2. The van der Waals surface area contributed by atoms with E-state index in [2.05, 4.69) is 103 Å². The van der Waals surface area contributed by atoms with Crippen LogP contribution < -0.4 is 0 Å². The Labute approximate surface area is 599 Å². The van der Waals surface area contributed by atoms with E-state index in [1.165, 1.54) is 10.4 Å². The Hall–Kier alpha value is -6.84. The van der Waals surface area contributed by atoms with Crippen molar-refractivity contribution < 1.29 is 38.1 Å². The normalized spacial score (nSPS) is 18.3. The number of carbonyl (C=O) groups is 4. The van der Waals surface area contributed by atoms with Crippen molar-refractivity contribution in [1.82, 2.24) is 59.5 Å². The molecular weight excluding hydrogens is 1330 g/mol. The van der Waals surface area contributed by atoms with Gasteiger partial charge in [0.2, 0.25) is 0 Å². The van der Waals surface area contributed by atoms with Gasteiger partial charge in [0.25, 0.3) is 0 Å². The molecule has 10 heterocycles. The molecule has 4 fully saturated rings. The standard InChI is InChI=1S/2C35H44N6O4S.4H2S/c2*1-34(2,3)44-32(42)40-18-8-12-27(40)30-36-21-26(39-30)29-17-15-23(46-29)11-7-10-22-14-16-24-25(20-22)38-31(37-24)28-13-9-19-41(28)33(43)45-35(4,5)6;;;;/h7,11,14-17,20-21,27-28H,8-10,12-13,18-19H2,1-6H3,(H,36,39)(H,37,38);7,10,14-17,20-21,27-28H,8-9,11-13,18-19H2,1-6H3,(H,36,39)(H,37,38);4*1H2/t2*27-,28-;;;;/m00..../s1. The predicted molar refractivity (Wildman–Crippen MR) is 403 cm³/mol. The number of imidazole rings is 4. The van der Waals surface area contributed by atoms with E-state index in [9.17, 15) is 19.2 Å². The maximum Gasteiger partial charge on any atom is 0.410 e. The quantitative estimate of drug-likeness (QED) is 0.0837. The van der Waals surface area contributed by atoms with Gasteiger partial charge in [-0.25, -0.2) is 39.1 Å². The molecule has 4 saturated heterocycles. The summed E-state index contributed by atoms with van der Waals surface area (Å²) in [5.41, 5.74) is 5.74. The monoisotopic (exact) mass is 1420 g/mol. The maximum atomic E-state index is 12.8. The molecule has 4 atom stereocenters. The van der Waals surface area contributed by atoms with Crippen LogP contribution >= 0.6 is 76.7 Å². The van der Waals surface area contributed by atoms with Gasteiger partial charge in [-0.3, -0.25) is 19.6 Å². The molecule has 4 N–H and O–H groups in total. The van der Waals surface area contributed by atoms with Crippen LogP contribution in [0.5, 0.6) is 0 Å². The highest BCUT2D eigenvalue weighted by atomic mass is 32.1. The first kappa shape index (κ1) is 76.5. The minimum absolute atomic E-state index is 0. The first-order valence-corrected chi connectivity index (χ1v) is 33.9. The number of rotatable bonds is 12. The lowest BCUT2D eigenvalue weighted by molar-refractivity contribution is 0.0208. The van der Waals surface area contributed by atoms with Gasteiger partial charge in [-0.15, -0.1) is 22.7 Å². The fraction of sp³-hybridized carbons (Fsp3) is 0.486. The van der Waals surface area contributed by atoms with Gasteiger partial charge in [0.05, 0.1) is 79.8 Å². The number of allylic oxidation sites excluding steroid dienone is 2. The molecule has 6 aromatic heterocycles. The van der Waals surface area contributed by atoms with Crippen molar-refractivity contribution in [3.8, 4) is 21.1 Å². The second kappa shape index (κ2) is 31.8. The average molecular weight is 1430 g/mol. The van der Waals surface area contributed by atoms with Gasteiger partial charge in [-0.1, -0.05) is 30.4 Å². The highest BCUT2D eigenvalue weighted by molar-refractivity contribution is 7.59. The summed E-state index contributed by atoms with van der Waals surface area (Å²) in [5.74, 6) is 3.21. The highest BCUT2D eigenvalue weighted by Gasteiger charge is 2.39. The molecule has 8 aromatic rings. The van der Waals surface area contributed by atoms with Crippen LogP contribution in [0.3, 0.4) is 0 Å². The van der Waals surface area contributed by atoms with E-state index in [0.717, 1.165) is 141 Å². The van der Waals surface area contributed by atoms with Crippen molar-refractivity contribution in [2.45, 2.75) is 194 Å². The van der Waals surface area contributed by atoms with E-state index in [1.54, 1.807) is 42.3 Å². The number of hydrogen-bond acceptors (Lipinski definition) is 14. The summed E-state index contributed by atoms with van der Waals surface area (Å²) in [6.45, 7) is 25.3. The Kier molecular flexibility index (Phi) is 25.3. The molecule has 4 amide bonds. The Bertz CT molecular complexity index is 4010. The number of H-pyrrole nitrogens is 4. The van der Waals surface area contributed by atoms with Gasteiger partial charge in [0.1, 0.15) is 45.7 Å². The molecule has 4 aliphatic rings. The van der Waals surface area contributed by atoms with Crippen LogP contribution in [0, 0.1) is 0 Å². The number of carbonyl (C=O) groups excluding carboxylic acids is 4. The van der Waals surface area contributed by atoms with Crippen LogP contribution in [-0.4, -0.2) is 132 Å². The number of hydrogen-bond donors (Lipinski definition) is 4. The summed E-state index contributed by atoms with van der Waals surface area (Å²) in [6, 6.07) is 20.5. The number of likely N-dealkylation sites (tertiary alicyclic amines) is 4. The zero-order chi connectivity index (χ0) is 65.3. The number of aromatic amines is 4. The molecule has 4 aliphatic heterocycles. The minimum atomic E-state index is -0.533. The summed E-state index contributed by atoms with van der Waals surface area (Å²) < 4.78 is 22.5. The molecule has 26 heteroatoms. The topological polar surface area (TPSA) is 233 Å². The second-order valence-corrected chi connectivity index (χ2v) is 30.5. The van der Waals surface area contributed by atoms with Crippen LogP contribution in [0.25, 0.3) is 55.4 Å². The molecule has 12 rings (SSSR count). The molecule has 0 aliphatic carbocycles.